The molecule has 0 aliphatic heterocycles. The van der Waals surface area contributed by atoms with Crippen molar-refractivity contribution in [3.05, 3.63) is 251 Å². The number of fused-ring (bicyclic) bond motifs is 4. The van der Waals surface area contributed by atoms with Gasteiger partial charge in [-0.2, -0.15) is 5.26 Å². The first-order chi connectivity index (χ1) is 33.0. The van der Waals surface area contributed by atoms with Crippen molar-refractivity contribution in [2.45, 2.75) is 80.1 Å². The van der Waals surface area contributed by atoms with Crippen molar-refractivity contribution in [2.75, 3.05) is 0 Å². The van der Waals surface area contributed by atoms with E-state index in [1.165, 1.54) is 67.1 Å². The molecule has 2 nitrogen and oxygen atoms in total. The van der Waals surface area contributed by atoms with Crippen LogP contribution in [-0.4, -0.2) is 5.87 Å². The maximum absolute atomic E-state index is 9.72. The van der Waals surface area contributed by atoms with Crippen molar-refractivity contribution >= 4 is 38.7 Å². The van der Waals surface area contributed by atoms with Gasteiger partial charge in [-0.15, -0.1) is 0 Å². The van der Waals surface area contributed by atoms with Crippen LogP contribution in [-0.2, 0) is 10.8 Å². The molecule has 0 saturated carbocycles. The maximum Gasteiger partial charge on any atom is 0.0991 e. The Morgan fingerprint density at radius 1 is 0.478 bits per heavy atom. The molecule has 0 unspecified atom stereocenters. The molecule has 9 aromatic carbocycles. The molecule has 1 aliphatic rings. The lowest BCUT2D eigenvalue weighted by molar-refractivity contribution is 0.589. The van der Waals surface area contributed by atoms with Crippen LogP contribution in [0.1, 0.15) is 108 Å². The summed E-state index contributed by atoms with van der Waals surface area (Å²) in [6.07, 6.45) is 0. The van der Waals surface area contributed by atoms with E-state index in [1.807, 2.05) is 24.3 Å². The van der Waals surface area contributed by atoms with Gasteiger partial charge in [0.1, 0.15) is 0 Å². The summed E-state index contributed by atoms with van der Waals surface area (Å²) >= 11 is 0. The number of benzene rings is 9. The number of hydrogen-bond acceptors (Lipinski definition) is 2. The third kappa shape index (κ3) is 7.91. The van der Waals surface area contributed by atoms with E-state index in [0.717, 1.165) is 70.2 Å². The largest absolute Gasteiger partial charge is 0.258 e. The van der Waals surface area contributed by atoms with Crippen molar-refractivity contribution in [1.29, 1.82) is 10.7 Å². The number of hydrogen-bond donors (Lipinski definition) is 1. The fourth-order valence-electron chi connectivity index (χ4n) is 10.7. The SMILES string of the molecule is Cc1cc(C(C)(C)C)cc(C)c1-c1c2ccc(-c3ccc(C#N)cc3)cc2c(=C=C2c3ccccc3[C+](c3c(C)cc(C(C)(C)C)cc3C)c3ccccc32)c2cc(=c3ccc(=C=N)cc3)ccc12. The number of nitrogens with one attached hydrogen (secondary N) is 1. The molecule has 334 valence electrons. The van der Waals surface area contributed by atoms with Gasteiger partial charge in [0.15, 0.2) is 0 Å². The predicted octanol–water partition coefficient (Wildman–Crippen LogP) is 15.1. The summed E-state index contributed by atoms with van der Waals surface area (Å²) in [4.78, 5) is 0. The van der Waals surface area contributed by atoms with Crippen molar-refractivity contribution in [3.63, 3.8) is 0 Å². The molecule has 1 N–H and O–H groups in total. The number of nitrogens with zero attached hydrogens (tertiary/aromatic N) is 1. The Bertz CT molecular complexity index is 3830. The Morgan fingerprint density at radius 2 is 0.971 bits per heavy atom. The minimum Gasteiger partial charge on any atom is -0.258 e. The van der Waals surface area contributed by atoms with Crippen molar-refractivity contribution in [3.8, 4) is 28.3 Å². The van der Waals surface area contributed by atoms with Crippen molar-refractivity contribution < 1.29 is 0 Å². The fraction of sp³-hybridized carbons (Fsp3) is 0.179. The first-order valence-electron chi connectivity index (χ1n) is 24.1. The molecule has 0 amide bonds. The van der Waals surface area contributed by atoms with E-state index in [9.17, 15) is 5.26 Å². The summed E-state index contributed by atoms with van der Waals surface area (Å²) in [5, 5.41) is 26.0. The lowest BCUT2D eigenvalue weighted by atomic mass is 9.70. The van der Waals surface area contributed by atoms with Gasteiger partial charge < -0.3 is 0 Å². The fourth-order valence-corrected chi connectivity index (χ4v) is 10.7. The Hall–Kier alpha value is -7.91. The van der Waals surface area contributed by atoms with E-state index in [0.29, 0.717) is 5.56 Å². The monoisotopic (exact) mass is 889 g/mol. The standard InChI is InChI=1S/C67H57N2/c1-40-31-50(66(5,6)7)32-41(2)62(40)64-54-17-13-11-15-52(54)60(53-16-12-14-18-55(53)64)37-61-58-35-48(46-23-19-44(38-68)20-24-46)27-29-56(58)65(63-42(3)33-51(34-43(63)4)67(8,9)10)57-30-28-49(36-59(57)61)47-25-21-45(39-69)22-26-47/h11-36,68H,1-10H3/q+1. The molecular formula is C67H57N2+. The van der Waals surface area contributed by atoms with Crippen LogP contribution >= 0.6 is 0 Å². The zero-order valence-corrected chi connectivity index (χ0v) is 41.5. The molecule has 0 atom stereocenters. The smallest absolute Gasteiger partial charge is 0.0991 e. The van der Waals surface area contributed by atoms with Gasteiger partial charge in [-0.3, -0.25) is 5.41 Å². The van der Waals surface area contributed by atoms with Gasteiger partial charge in [0.25, 0.3) is 0 Å². The topological polar surface area (TPSA) is 47.6 Å². The molecule has 0 heterocycles. The van der Waals surface area contributed by atoms with Crippen LogP contribution in [0.15, 0.2) is 158 Å². The summed E-state index contributed by atoms with van der Waals surface area (Å²) in [5.74, 6) is 3.81. The molecule has 0 radical (unpaired) electrons. The summed E-state index contributed by atoms with van der Waals surface area (Å²) < 4.78 is 0. The van der Waals surface area contributed by atoms with Crippen LogP contribution in [0.25, 0.3) is 55.1 Å². The Morgan fingerprint density at radius 3 is 1.51 bits per heavy atom. The minimum absolute atomic E-state index is 0.00371. The highest BCUT2D eigenvalue weighted by molar-refractivity contribution is 6.15. The third-order valence-electron chi connectivity index (χ3n) is 14.3. The van der Waals surface area contributed by atoms with Gasteiger partial charge in [0.05, 0.1) is 39.8 Å². The Kier molecular flexibility index (Phi) is 11.1. The third-order valence-corrected chi connectivity index (χ3v) is 14.3. The quantitative estimate of drug-likeness (QED) is 0.107. The molecule has 2 heteroatoms. The number of nitriles is 1. The Labute approximate surface area is 407 Å². The average molecular weight is 890 g/mol. The summed E-state index contributed by atoms with van der Waals surface area (Å²) in [6.45, 7) is 22.8. The summed E-state index contributed by atoms with van der Waals surface area (Å²) in [5.41, 5.74) is 24.3. The average Bonchev–Trinajstić information content (AvgIpc) is 3.33. The van der Waals surface area contributed by atoms with Gasteiger partial charge >= 0.3 is 0 Å². The van der Waals surface area contributed by atoms with Crippen LogP contribution in [0.4, 0.5) is 0 Å². The van der Waals surface area contributed by atoms with E-state index < -0.39 is 0 Å². The molecule has 0 bridgehead atoms. The second kappa shape index (κ2) is 17.0. The maximum atomic E-state index is 9.72. The highest BCUT2D eigenvalue weighted by atomic mass is 14.4. The van der Waals surface area contributed by atoms with Gasteiger partial charge in [-0.1, -0.05) is 120 Å². The number of rotatable bonds is 3. The number of aryl methyl sites for hydroxylation is 4. The zero-order valence-electron chi connectivity index (χ0n) is 41.5. The van der Waals surface area contributed by atoms with Gasteiger partial charge in [0, 0.05) is 32.7 Å². The molecule has 1 aliphatic carbocycles. The second-order valence-electron chi connectivity index (χ2n) is 21.1. The Balaban J connectivity index is 1.41. The van der Waals surface area contributed by atoms with Crippen LogP contribution in [0, 0.1) is 60.8 Å². The first-order valence-corrected chi connectivity index (χ1v) is 24.1. The minimum atomic E-state index is -0.00371. The second-order valence-corrected chi connectivity index (χ2v) is 21.1. The van der Waals surface area contributed by atoms with E-state index >= 15 is 0 Å². The van der Waals surface area contributed by atoms with E-state index in [-0.39, 0.29) is 10.8 Å². The predicted molar refractivity (Wildman–Crippen MR) is 289 cm³/mol. The van der Waals surface area contributed by atoms with Crippen LogP contribution in [0.2, 0.25) is 0 Å². The molecule has 10 rings (SSSR count). The van der Waals surface area contributed by atoms with Crippen LogP contribution in [0.5, 0.6) is 0 Å². The van der Waals surface area contributed by atoms with Crippen molar-refractivity contribution in [2.24, 2.45) is 0 Å². The first kappa shape index (κ1) is 44.9. The lowest BCUT2D eigenvalue weighted by Gasteiger charge is -2.28. The van der Waals surface area contributed by atoms with Crippen LogP contribution < -0.4 is 10.4 Å². The summed E-state index contributed by atoms with van der Waals surface area (Å²) in [7, 11) is 0. The van der Waals surface area contributed by atoms with Gasteiger partial charge in [-0.05, 0) is 206 Å². The molecule has 0 aromatic heterocycles. The summed E-state index contributed by atoms with van der Waals surface area (Å²) in [6, 6.07) is 59.5. The molecule has 69 heavy (non-hydrogen) atoms. The lowest BCUT2D eigenvalue weighted by Crippen LogP contribution is -2.19. The zero-order chi connectivity index (χ0) is 48.5. The van der Waals surface area contributed by atoms with E-state index in [2.05, 4.69) is 220 Å². The normalized spacial score (nSPS) is 12.4. The van der Waals surface area contributed by atoms with E-state index in [1.54, 1.807) is 0 Å². The highest BCUT2D eigenvalue weighted by Gasteiger charge is 2.37. The molecule has 0 spiro atoms. The molecule has 0 fully saturated rings. The van der Waals surface area contributed by atoms with Crippen molar-refractivity contribution in [1.82, 2.24) is 0 Å². The molecular weight excluding hydrogens is 833 g/mol. The van der Waals surface area contributed by atoms with Gasteiger partial charge in [0.2, 0.25) is 0 Å². The van der Waals surface area contributed by atoms with E-state index in [4.69, 9.17) is 5.41 Å². The highest BCUT2D eigenvalue weighted by Crippen LogP contribution is 2.48. The molecule has 9 aromatic rings. The van der Waals surface area contributed by atoms with Gasteiger partial charge in [-0.25, -0.2) is 0 Å². The van der Waals surface area contributed by atoms with Crippen LogP contribution in [0.3, 0.4) is 0 Å². The molecule has 0 saturated heterocycles.